The van der Waals surface area contributed by atoms with Crippen LogP contribution in [0.15, 0.2) is 11.2 Å². The van der Waals surface area contributed by atoms with Crippen molar-refractivity contribution in [3.05, 3.63) is 16.1 Å². The summed E-state index contributed by atoms with van der Waals surface area (Å²) in [5.41, 5.74) is -0.241. The minimum atomic E-state index is -0.241. The number of rotatable bonds is 7. The molecule has 0 aliphatic rings. The molecule has 0 amide bonds. The zero-order valence-corrected chi connectivity index (χ0v) is 16.7. The molecule has 0 saturated carbocycles. The van der Waals surface area contributed by atoms with Crippen LogP contribution in [-0.4, -0.2) is 43.3 Å². The Balaban J connectivity index is 0.00000400. The molecule has 1 aromatic rings. The highest BCUT2D eigenvalue weighted by Gasteiger charge is 2.15. The first-order chi connectivity index (χ1) is 9.46. The molecule has 5 nitrogen and oxygen atoms in total. The van der Waals surface area contributed by atoms with E-state index in [2.05, 4.69) is 34.5 Å². The number of aromatic nitrogens is 1. The van der Waals surface area contributed by atoms with Gasteiger partial charge in [0.15, 0.2) is 5.96 Å². The van der Waals surface area contributed by atoms with E-state index in [1.54, 1.807) is 18.4 Å². The van der Waals surface area contributed by atoms with E-state index < -0.39 is 0 Å². The van der Waals surface area contributed by atoms with Gasteiger partial charge < -0.3 is 15.4 Å². The summed E-state index contributed by atoms with van der Waals surface area (Å²) in [7, 11) is 1.71. The van der Waals surface area contributed by atoms with Gasteiger partial charge in [0.1, 0.15) is 0 Å². The molecular weight excluding hydrogens is 399 g/mol. The van der Waals surface area contributed by atoms with Gasteiger partial charge in [-0.1, -0.05) is 0 Å². The molecule has 1 aromatic heterocycles. The molecule has 0 aliphatic heterocycles. The van der Waals surface area contributed by atoms with Gasteiger partial charge in [0.05, 0.1) is 17.2 Å². The van der Waals surface area contributed by atoms with Gasteiger partial charge in [-0.3, -0.25) is 4.99 Å². The Morgan fingerprint density at radius 1 is 1.43 bits per heavy atom. The fourth-order valence-corrected chi connectivity index (χ4v) is 2.27. The summed E-state index contributed by atoms with van der Waals surface area (Å²) in [5.74, 6) is 0.825. The van der Waals surface area contributed by atoms with E-state index in [4.69, 9.17) is 4.74 Å². The molecule has 1 rings (SSSR count). The Morgan fingerprint density at radius 2 is 2.14 bits per heavy atom. The number of halogens is 1. The van der Waals surface area contributed by atoms with E-state index in [9.17, 15) is 0 Å². The molecule has 0 atom stereocenters. The van der Waals surface area contributed by atoms with Crippen molar-refractivity contribution in [1.82, 2.24) is 15.6 Å². The van der Waals surface area contributed by atoms with Gasteiger partial charge in [-0.25, -0.2) is 4.98 Å². The van der Waals surface area contributed by atoms with E-state index >= 15 is 0 Å². The minimum Gasteiger partial charge on any atom is -0.377 e. The molecule has 1 heterocycles. The van der Waals surface area contributed by atoms with Crippen LogP contribution in [0, 0.1) is 6.92 Å². The van der Waals surface area contributed by atoms with Crippen molar-refractivity contribution in [3.8, 4) is 0 Å². The number of aryl methyl sites for hydroxylation is 1. The summed E-state index contributed by atoms with van der Waals surface area (Å²) in [6, 6.07) is 0. The molecule has 122 valence electrons. The zero-order valence-electron chi connectivity index (χ0n) is 13.5. The highest BCUT2D eigenvalue weighted by molar-refractivity contribution is 14.0. The van der Waals surface area contributed by atoms with Gasteiger partial charge in [-0.15, -0.1) is 35.3 Å². The van der Waals surface area contributed by atoms with Crippen LogP contribution in [0.4, 0.5) is 0 Å². The topological polar surface area (TPSA) is 58.5 Å². The number of methoxy groups -OCH3 is 1. The number of thiazole rings is 1. The van der Waals surface area contributed by atoms with Crippen molar-refractivity contribution in [2.45, 2.75) is 39.7 Å². The molecule has 2 N–H and O–H groups in total. The van der Waals surface area contributed by atoms with Crippen LogP contribution in [0.2, 0.25) is 0 Å². The lowest BCUT2D eigenvalue weighted by atomic mass is 10.1. The van der Waals surface area contributed by atoms with Crippen LogP contribution < -0.4 is 10.6 Å². The number of ether oxygens (including phenoxy) is 1. The third-order valence-electron chi connectivity index (χ3n) is 2.82. The Bertz CT molecular complexity index is 434. The summed E-state index contributed by atoms with van der Waals surface area (Å²) in [4.78, 5) is 10.2. The monoisotopic (exact) mass is 426 g/mol. The predicted molar refractivity (Wildman–Crippen MR) is 101 cm³/mol. The van der Waals surface area contributed by atoms with Gasteiger partial charge in [-0.2, -0.15) is 0 Å². The first-order valence-corrected chi connectivity index (χ1v) is 7.77. The first-order valence-electron chi connectivity index (χ1n) is 6.95. The molecular formula is C14H27IN4OS. The smallest absolute Gasteiger partial charge is 0.191 e. The maximum Gasteiger partial charge on any atom is 0.191 e. The lowest BCUT2D eigenvalue weighted by Gasteiger charge is -2.21. The molecule has 0 bridgehead atoms. The number of nitrogens with one attached hydrogen (secondary N) is 2. The second kappa shape index (κ2) is 10.3. The van der Waals surface area contributed by atoms with Gasteiger partial charge >= 0.3 is 0 Å². The average molecular weight is 426 g/mol. The number of nitrogens with zero attached hydrogens (tertiary/aromatic N) is 2. The average Bonchev–Trinajstić information content (AvgIpc) is 2.82. The number of hydrogen-bond acceptors (Lipinski definition) is 4. The second-order valence-electron chi connectivity index (χ2n) is 5.20. The van der Waals surface area contributed by atoms with E-state index in [0.29, 0.717) is 6.54 Å². The Kier molecular flexibility index (Phi) is 10.1. The highest BCUT2D eigenvalue weighted by atomic mass is 127. The van der Waals surface area contributed by atoms with Gasteiger partial charge in [0.2, 0.25) is 0 Å². The van der Waals surface area contributed by atoms with Gasteiger partial charge in [0.25, 0.3) is 0 Å². The summed E-state index contributed by atoms with van der Waals surface area (Å²) < 4.78 is 5.37. The fourth-order valence-electron chi connectivity index (χ4n) is 1.48. The molecule has 0 radical (unpaired) electrons. The standard InChI is InChI=1S/C14H26N4OS.HI/c1-6-15-13(18-10-14(3,4)19-5)16-8-7-12-17-9-11(2)20-12;/h9H,6-8,10H2,1-5H3,(H2,15,16,18);1H. The summed E-state index contributed by atoms with van der Waals surface area (Å²) in [6.45, 7) is 10.5. The fraction of sp³-hybridized carbons (Fsp3) is 0.714. The molecule has 0 spiro atoms. The maximum atomic E-state index is 5.37. The van der Waals surface area contributed by atoms with Crippen molar-refractivity contribution < 1.29 is 4.74 Å². The molecule has 0 unspecified atom stereocenters. The largest absolute Gasteiger partial charge is 0.377 e. The molecule has 7 heteroatoms. The normalized spacial score (nSPS) is 12.0. The molecule has 0 saturated heterocycles. The summed E-state index contributed by atoms with van der Waals surface area (Å²) in [5, 5.41) is 7.72. The third-order valence-corrected chi connectivity index (χ3v) is 3.79. The van der Waals surface area contributed by atoms with Gasteiger partial charge in [-0.05, 0) is 27.7 Å². The lowest BCUT2D eigenvalue weighted by Crippen LogP contribution is -2.40. The maximum absolute atomic E-state index is 5.37. The Morgan fingerprint density at radius 3 is 2.67 bits per heavy atom. The van der Waals surface area contributed by atoms with Gasteiger partial charge in [0, 0.05) is 37.7 Å². The van der Waals surface area contributed by atoms with Crippen LogP contribution in [-0.2, 0) is 11.2 Å². The zero-order chi connectivity index (χ0) is 15.0. The first kappa shape index (κ1) is 20.6. The van der Waals surface area contributed by atoms with Crippen molar-refractivity contribution in [1.29, 1.82) is 0 Å². The highest BCUT2D eigenvalue weighted by Crippen LogP contribution is 2.11. The second-order valence-corrected chi connectivity index (χ2v) is 6.52. The van der Waals surface area contributed by atoms with Crippen molar-refractivity contribution in [2.75, 3.05) is 26.7 Å². The molecule has 0 aromatic carbocycles. The van der Waals surface area contributed by atoms with E-state index in [1.165, 1.54) is 4.88 Å². The van der Waals surface area contributed by atoms with Crippen molar-refractivity contribution in [3.63, 3.8) is 0 Å². The lowest BCUT2D eigenvalue weighted by molar-refractivity contribution is 0.0310. The molecule has 0 fully saturated rings. The Hall–Kier alpha value is -0.410. The van der Waals surface area contributed by atoms with Crippen LogP contribution in [0.3, 0.4) is 0 Å². The van der Waals surface area contributed by atoms with Crippen LogP contribution >= 0.6 is 35.3 Å². The van der Waals surface area contributed by atoms with Crippen LogP contribution in [0.5, 0.6) is 0 Å². The SMILES string of the molecule is CCNC(=NCC(C)(C)OC)NCCc1ncc(C)s1.I. The quantitative estimate of drug-likeness (QED) is 0.400. The summed E-state index contributed by atoms with van der Waals surface area (Å²) >= 11 is 1.74. The number of guanidine groups is 1. The van der Waals surface area contributed by atoms with E-state index in [1.807, 2.05) is 20.0 Å². The van der Waals surface area contributed by atoms with Crippen LogP contribution in [0.1, 0.15) is 30.7 Å². The molecule has 0 aliphatic carbocycles. The van der Waals surface area contributed by atoms with Crippen molar-refractivity contribution >= 4 is 41.3 Å². The van der Waals surface area contributed by atoms with E-state index in [-0.39, 0.29) is 29.6 Å². The predicted octanol–water partition coefficient (Wildman–Crippen LogP) is 2.59. The third kappa shape index (κ3) is 8.57. The number of aliphatic imine (C=N–C) groups is 1. The van der Waals surface area contributed by atoms with Crippen LogP contribution in [0.25, 0.3) is 0 Å². The van der Waals surface area contributed by atoms with E-state index in [0.717, 1.165) is 30.5 Å². The number of hydrogen-bond donors (Lipinski definition) is 2. The minimum absolute atomic E-state index is 0. The van der Waals surface area contributed by atoms with Crippen molar-refractivity contribution in [2.24, 2.45) is 4.99 Å². The summed E-state index contributed by atoms with van der Waals surface area (Å²) in [6.07, 6.45) is 2.83. The molecule has 21 heavy (non-hydrogen) atoms. The Labute approximate surface area is 149 Å².